The van der Waals surface area contributed by atoms with Crippen molar-refractivity contribution in [2.75, 3.05) is 6.54 Å². The van der Waals surface area contributed by atoms with E-state index < -0.39 is 6.10 Å². The summed E-state index contributed by atoms with van der Waals surface area (Å²) in [6, 6.07) is 10.1. The molecule has 0 heterocycles. The molecule has 1 atom stereocenters. The van der Waals surface area contributed by atoms with E-state index in [0.717, 1.165) is 6.54 Å². The van der Waals surface area contributed by atoms with E-state index in [2.05, 4.69) is 11.9 Å². The number of aliphatic hydroxyl groups excluding tert-OH is 1. The molecule has 0 fully saturated rings. The molecule has 0 saturated heterocycles. The van der Waals surface area contributed by atoms with Gasteiger partial charge in [0.05, 0.1) is 6.10 Å². The van der Waals surface area contributed by atoms with Crippen LogP contribution in [0.3, 0.4) is 0 Å². The van der Waals surface area contributed by atoms with Crippen LogP contribution in [0.4, 0.5) is 0 Å². The molecule has 1 unspecified atom stereocenters. The van der Waals surface area contributed by atoms with Gasteiger partial charge in [-0.25, -0.2) is 0 Å². The lowest BCUT2D eigenvalue weighted by atomic mass is 10.2. The first-order valence-corrected chi connectivity index (χ1v) is 4.38. The summed E-state index contributed by atoms with van der Waals surface area (Å²) >= 11 is 0. The molecule has 1 rings (SSSR count). The average Bonchev–Trinajstić information content (AvgIpc) is 2.19. The van der Waals surface area contributed by atoms with Gasteiger partial charge in [-0.2, -0.15) is 0 Å². The Bertz CT molecular complexity index is 246. The molecule has 2 N–H and O–H groups in total. The van der Waals surface area contributed by atoms with Crippen molar-refractivity contribution in [3.63, 3.8) is 0 Å². The molecule has 0 aliphatic heterocycles. The van der Waals surface area contributed by atoms with Gasteiger partial charge >= 0.3 is 0 Å². The molecule has 0 bridgehead atoms. The summed E-state index contributed by atoms with van der Waals surface area (Å²) in [5, 5.41) is 12.3. The van der Waals surface area contributed by atoms with Gasteiger partial charge in [0.15, 0.2) is 0 Å². The molecule has 0 aromatic heterocycles. The van der Waals surface area contributed by atoms with Gasteiger partial charge in [0.25, 0.3) is 0 Å². The van der Waals surface area contributed by atoms with Crippen molar-refractivity contribution in [3.8, 4) is 0 Å². The van der Waals surface area contributed by atoms with E-state index in [0.29, 0.717) is 6.54 Å². The van der Waals surface area contributed by atoms with Gasteiger partial charge in [0.1, 0.15) is 0 Å². The van der Waals surface area contributed by atoms with Gasteiger partial charge in [-0.3, -0.25) is 0 Å². The first-order chi connectivity index (χ1) is 6.33. The minimum Gasteiger partial charge on any atom is -0.388 e. The molecule has 2 nitrogen and oxygen atoms in total. The Morgan fingerprint density at radius 3 is 2.69 bits per heavy atom. The second-order valence-electron chi connectivity index (χ2n) is 2.92. The van der Waals surface area contributed by atoms with Crippen molar-refractivity contribution < 1.29 is 5.11 Å². The smallest absolute Gasteiger partial charge is 0.0842 e. The minimum atomic E-state index is -0.455. The molecule has 2 heteroatoms. The lowest BCUT2D eigenvalue weighted by Crippen LogP contribution is -2.24. The molecule has 0 aliphatic rings. The largest absolute Gasteiger partial charge is 0.388 e. The van der Waals surface area contributed by atoms with Crippen molar-refractivity contribution in [1.29, 1.82) is 0 Å². The number of nitrogens with one attached hydrogen (secondary N) is 1. The standard InChI is InChI=1S/C11H15NO/c1-2-11(13)9-12-8-10-6-4-3-5-7-10/h2-7,11-13H,1,8-9H2. The Hall–Kier alpha value is -1.12. The monoisotopic (exact) mass is 177 g/mol. The fraction of sp³-hybridized carbons (Fsp3) is 0.273. The molecule has 0 radical (unpaired) electrons. The summed E-state index contributed by atoms with van der Waals surface area (Å²) in [5.41, 5.74) is 1.22. The van der Waals surface area contributed by atoms with Crippen LogP contribution in [0.25, 0.3) is 0 Å². The quantitative estimate of drug-likeness (QED) is 0.665. The van der Waals surface area contributed by atoms with Crippen LogP contribution in [0.1, 0.15) is 5.56 Å². The van der Waals surface area contributed by atoms with Gasteiger partial charge in [-0.05, 0) is 5.56 Å². The summed E-state index contributed by atoms with van der Waals surface area (Å²) in [6.45, 7) is 4.83. The molecule has 0 spiro atoms. The molecule has 0 saturated carbocycles. The fourth-order valence-corrected chi connectivity index (χ4v) is 1.04. The molecular weight excluding hydrogens is 162 g/mol. The lowest BCUT2D eigenvalue weighted by molar-refractivity contribution is 0.219. The second-order valence-corrected chi connectivity index (χ2v) is 2.92. The fourth-order valence-electron chi connectivity index (χ4n) is 1.04. The van der Waals surface area contributed by atoms with E-state index in [1.807, 2.05) is 30.3 Å². The molecule has 1 aromatic carbocycles. The molecule has 13 heavy (non-hydrogen) atoms. The van der Waals surface area contributed by atoms with Crippen LogP contribution in [0.15, 0.2) is 43.0 Å². The molecule has 0 aliphatic carbocycles. The number of aliphatic hydroxyl groups is 1. The molecular formula is C11H15NO. The SMILES string of the molecule is C=CC(O)CNCc1ccccc1. The summed E-state index contributed by atoms with van der Waals surface area (Å²) in [7, 11) is 0. The number of hydrogen-bond acceptors (Lipinski definition) is 2. The highest BCUT2D eigenvalue weighted by molar-refractivity contribution is 5.14. The van der Waals surface area contributed by atoms with E-state index in [1.165, 1.54) is 11.6 Å². The average molecular weight is 177 g/mol. The van der Waals surface area contributed by atoms with E-state index in [1.54, 1.807) is 0 Å². The summed E-state index contributed by atoms with van der Waals surface area (Å²) in [4.78, 5) is 0. The van der Waals surface area contributed by atoms with E-state index >= 15 is 0 Å². The highest BCUT2D eigenvalue weighted by atomic mass is 16.3. The van der Waals surface area contributed by atoms with Crippen molar-refractivity contribution in [1.82, 2.24) is 5.32 Å². The van der Waals surface area contributed by atoms with Crippen molar-refractivity contribution >= 4 is 0 Å². The molecule has 70 valence electrons. The highest BCUT2D eigenvalue weighted by Crippen LogP contribution is 1.96. The molecule has 0 amide bonds. The van der Waals surface area contributed by atoms with Gasteiger partial charge < -0.3 is 10.4 Å². The van der Waals surface area contributed by atoms with Crippen LogP contribution < -0.4 is 5.32 Å². The van der Waals surface area contributed by atoms with E-state index in [-0.39, 0.29) is 0 Å². The van der Waals surface area contributed by atoms with Crippen molar-refractivity contribution in [2.45, 2.75) is 12.6 Å². The van der Waals surface area contributed by atoms with E-state index in [9.17, 15) is 0 Å². The summed E-state index contributed by atoms with van der Waals surface area (Å²) in [6.07, 6.45) is 1.07. The maximum atomic E-state index is 9.16. The Morgan fingerprint density at radius 1 is 1.38 bits per heavy atom. The second kappa shape index (κ2) is 5.51. The summed E-state index contributed by atoms with van der Waals surface area (Å²) in [5.74, 6) is 0. The first-order valence-electron chi connectivity index (χ1n) is 4.38. The maximum Gasteiger partial charge on any atom is 0.0842 e. The zero-order valence-electron chi connectivity index (χ0n) is 7.61. The van der Waals surface area contributed by atoms with Crippen molar-refractivity contribution in [2.24, 2.45) is 0 Å². The third-order valence-electron chi connectivity index (χ3n) is 1.80. The third-order valence-corrected chi connectivity index (χ3v) is 1.80. The predicted octanol–water partition coefficient (Wildman–Crippen LogP) is 1.32. The van der Waals surface area contributed by atoms with Crippen LogP contribution in [0.2, 0.25) is 0 Å². The van der Waals surface area contributed by atoms with Crippen LogP contribution in [0.5, 0.6) is 0 Å². The van der Waals surface area contributed by atoms with Gasteiger partial charge in [0, 0.05) is 13.1 Å². The predicted molar refractivity (Wildman–Crippen MR) is 54.4 cm³/mol. The van der Waals surface area contributed by atoms with Gasteiger partial charge in [0.2, 0.25) is 0 Å². The normalized spacial score (nSPS) is 12.4. The van der Waals surface area contributed by atoms with Crippen LogP contribution in [-0.4, -0.2) is 17.8 Å². The zero-order valence-corrected chi connectivity index (χ0v) is 7.61. The minimum absolute atomic E-state index is 0.455. The third kappa shape index (κ3) is 3.87. The van der Waals surface area contributed by atoms with Gasteiger partial charge in [-0.15, -0.1) is 6.58 Å². The highest BCUT2D eigenvalue weighted by Gasteiger charge is 1.96. The summed E-state index contributed by atoms with van der Waals surface area (Å²) < 4.78 is 0. The Kier molecular flexibility index (Phi) is 4.23. The lowest BCUT2D eigenvalue weighted by Gasteiger charge is -2.06. The Labute approximate surface area is 78.9 Å². The maximum absolute atomic E-state index is 9.16. The first kappa shape index (κ1) is 9.96. The van der Waals surface area contributed by atoms with Crippen LogP contribution in [0, 0.1) is 0 Å². The molecule has 1 aromatic rings. The van der Waals surface area contributed by atoms with Gasteiger partial charge in [-0.1, -0.05) is 36.4 Å². The Balaban J connectivity index is 2.24. The number of rotatable bonds is 5. The topological polar surface area (TPSA) is 32.3 Å². The zero-order chi connectivity index (χ0) is 9.52. The van der Waals surface area contributed by atoms with Crippen molar-refractivity contribution in [3.05, 3.63) is 48.6 Å². The van der Waals surface area contributed by atoms with E-state index in [4.69, 9.17) is 5.11 Å². The van der Waals surface area contributed by atoms with Crippen LogP contribution >= 0.6 is 0 Å². The Morgan fingerprint density at radius 2 is 2.08 bits per heavy atom. The van der Waals surface area contributed by atoms with Crippen LogP contribution in [-0.2, 0) is 6.54 Å². The number of benzene rings is 1. The number of hydrogen-bond donors (Lipinski definition) is 2.